The molecule has 21 heavy (non-hydrogen) atoms. The van der Waals surface area contributed by atoms with Gasteiger partial charge in [-0.15, -0.1) is 11.3 Å². The molecule has 2 aromatic rings. The number of nitrogens with one attached hydrogen (secondary N) is 1. The fourth-order valence-electron chi connectivity index (χ4n) is 3.62. The first-order valence-electron chi connectivity index (χ1n) is 7.77. The molecule has 2 aliphatic rings. The van der Waals surface area contributed by atoms with Crippen LogP contribution in [0.4, 0.5) is 0 Å². The zero-order valence-electron chi connectivity index (χ0n) is 12.0. The summed E-state index contributed by atoms with van der Waals surface area (Å²) in [5.41, 5.74) is 1.26. The van der Waals surface area contributed by atoms with E-state index >= 15 is 0 Å². The molecule has 3 heteroatoms. The summed E-state index contributed by atoms with van der Waals surface area (Å²) in [6, 6.07) is 10.5. The standard InChI is InChI=1S/C18H20N2S/c1-2-4-14(5-3-1)17-11-20-18(21-17)12-19-10-16-9-13-6-7-15(16)8-13/h1-7,11,13,15-16,19H,8-10,12H2. The van der Waals surface area contributed by atoms with Crippen molar-refractivity contribution in [2.45, 2.75) is 19.4 Å². The van der Waals surface area contributed by atoms with Gasteiger partial charge in [0.2, 0.25) is 0 Å². The van der Waals surface area contributed by atoms with Gasteiger partial charge in [0.25, 0.3) is 0 Å². The van der Waals surface area contributed by atoms with E-state index in [2.05, 4.69) is 52.8 Å². The number of nitrogens with zero attached hydrogens (tertiary/aromatic N) is 1. The highest BCUT2D eigenvalue weighted by Crippen LogP contribution is 2.42. The molecule has 1 aromatic heterocycles. The van der Waals surface area contributed by atoms with E-state index in [1.165, 1.54) is 28.3 Å². The third-order valence-corrected chi connectivity index (χ3v) is 5.76. The Kier molecular flexibility index (Phi) is 3.62. The fourth-order valence-corrected chi connectivity index (χ4v) is 4.51. The van der Waals surface area contributed by atoms with E-state index in [4.69, 9.17) is 0 Å². The second-order valence-corrected chi connectivity index (χ2v) is 7.27. The molecule has 1 fully saturated rings. The maximum absolute atomic E-state index is 4.55. The molecule has 3 unspecified atom stereocenters. The Bertz CT molecular complexity index is 632. The van der Waals surface area contributed by atoms with Crippen molar-refractivity contribution in [1.82, 2.24) is 10.3 Å². The molecule has 0 aliphatic heterocycles. The second-order valence-electron chi connectivity index (χ2n) is 6.16. The van der Waals surface area contributed by atoms with E-state index < -0.39 is 0 Å². The Morgan fingerprint density at radius 3 is 2.81 bits per heavy atom. The number of hydrogen-bond donors (Lipinski definition) is 1. The predicted molar refractivity (Wildman–Crippen MR) is 88.1 cm³/mol. The van der Waals surface area contributed by atoms with Gasteiger partial charge >= 0.3 is 0 Å². The zero-order chi connectivity index (χ0) is 14.1. The third kappa shape index (κ3) is 2.81. The largest absolute Gasteiger partial charge is 0.310 e. The molecule has 1 heterocycles. The quantitative estimate of drug-likeness (QED) is 0.840. The van der Waals surface area contributed by atoms with Crippen molar-refractivity contribution in [1.29, 1.82) is 0 Å². The number of hydrogen-bond acceptors (Lipinski definition) is 3. The molecular weight excluding hydrogens is 276 g/mol. The van der Waals surface area contributed by atoms with Crippen molar-refractivity contribution >= 4 is 11.3 Å². The molecule has 2 aliphatic carbocycles. The second kappa shape index (κ2) is 5.74. The van der Waals surface area contributed by atoms with Crippen LogP contribution in [-0.4, -0.2) is 11.5 Å². The highest BCUT2D eigenvalue weighted by Gasteiger charge is 2.34. The Labute approximate surface area is 129 Å². The molecule has 2 bridgehead atoms. The first-order valence-corrected chi connectivity index (χ1v) is 8.59. The minimum Gasteiger partial charge on any atom is -0.310 e. The molecule has 108 valence electrons. The molecule has 0 spiro atoms. The molecular formula is C18H20N2S. The van der Waals surface area contributed by atoms with Crippen molar-refractivity contribution in [2.24, 2.45) is 17.8 Å². The average molecular weight is 296 g/mol. The monoisotopic (exact) mass is 296 g/mol. The van der Waals surface area contributed by atoms with Gasteiger partial charge in [0.15, 0.2) is 0 Å². The minimum absolute atomic E-state index is 0.832. The van der Waals surface area contributed by atoms with Crippen LogP contribution in [0.15, 0.2) is 48.7 Å². The van der Waals surface area contributed by atoms with E-state index in [9.17, 15) is 0 Å². The Morgan fingerprint density at radius 1 is 1.14 bits per heavy atom. The van der Waals surface area contributed by atoms with Gasteiger partial charge in [0.05, 0.1) is 4.88 Å². The van der Waals surface area contributed by atoms with Crippen LogP contribution in [0, 0.1) is 17.8 Å². The Balaban J connectivity index is 1.32. The lowest BCUT2D eigenvalue weighted by molar-refractivity contribution is 0.414. The van der Waals surface area contributed by atoms with Crippen molar-refractivity contribution in [3.63, 3.8) is 0 Å². The van der Waals surface area contributed by atoms with Crippen LogP contribution >= 0.6 is 11.3 Å². The minimum atomic E-state index is 0.832. The van der Waals surface area contributed by atoms with Crippen molar-refractivity contribution in [2.75, 3.05) is 6.54 Å². The summed E-state index contributed by atoms with van der Waals surface area (Å²) in [5.74, 6) is 2.54. The number of thiazole rings is 1. The Hall–Kier alpha value is -1.45. The highest BCUT2D eigenvalue weighted by atomic mass is 32.1. The van der Waals surface area contributed by atoms with Gasteiger partial charge in [-0.3, -0.25) is 0 Å². The maximum atomic E-state index is 4.55. The van der Waals surface area contributed by atoms with Gasteiger partial charge in [-0.05, 0) is 42.7 Å². The van der Waals surface area contributed by atoms with E-state index in [1.807, 2.05) is 6.20 Å². The molecule has 2 nitrogen and oxygen atoms in total. The van der Waals surface area contributed by atoms with Crippen molar-refractivity contribution in [3.8, 4) is 10.4 Å². The van der Waals surface area contributed by atoms with E-state index in [0.29, 0.717) is 0 Å². The van der Waals surface area contributed by atoms with Gasteiger partial charge in [-0.2, -0.15) is 0 Å². The average Bonchev–Trinajstić information content (AvgIpc) is 3.24. The fraction of sp³-hybridized carbons (Fsp3) is 0.389. The first-order chi connectivity index (χ1) is 10.4. The molecule has 1 aromatic carbocycles. The van der Waals surface area contributed by atoms with Crippen LogP contribution in [0.5, 0.6) is 0 Å². The molecule has 1 N–H and O–H groups in total. The number of aromatic nitrogens is 1. The first kappa shape index (κ1) is 13.2. The van der Waals surface area contributed by atoms with Crippen LogP contribution in [-0.2, 0) is 6.54 Å². The summed E-state index contributed by atoms with van der Waals surface area (Å²) in [6.45, 7) is 2.03. The summed E-state index contributed by atoms with van der Waals surface area (Å²) < 4.78 is 0. The highest BCUT2D eigenvalue weighted by molar-refractivity contribution is 7.15. The SMILES string of the molecule is C1=CC2CC1CC2CNCc1ncc(-c2ccccc2)s1. The van der Waals surface area contributed by atoms with E-state index in [-0.39, 0.29) is 0 Å². The summed E-state index contributed by atoms with van der Waals surface area (Å²) >= 11 is 1.80. The van der Waals surface area contributed by atoms with Crippen molar-refractivity contribution in [3.05, 3.63) is 53.7 Å². The molecule has 1 saturated carbocycles. The normalized spacial score (nSPS) is 26.6. The van der Waals surface area contributed by atoms with Crippen LogP contribution < -0.4 is 5.32 Å². The summed E-state index contributed by atoms with van der Waals surface area (Å²) in [6.07, 6.45) is 9.60. The van der Waals surface area contributed by atoms with Gasteiger partial charge < -0.3 is 5.32 Å². The zero-order valence-corrected chi connectivity index (χ0v) is 12.9. The lowest BCUT2D eigenvalue weighted by Gasteiger charge is -2.17. The number of fused-ring (bicyclic) bond motifs is 2. The topological polar surface area (TPSA) is 24.9 Å². The van der Waals surface area contributed by atoms with Crippen LogP contribution in [0.3, 0.4) is 0 Å². The summed E-state index contributed by atoms with van der Waals surface area (Å²) in [5, 5.41) is 4.79. The summed E-state index contributed by atoms with van der Waals surface area (Å²) in [7, 11) is 0. The lowest BCUT2D eigenvalue weighted by atomic mass is 9.94. The predicted octanol–water partition coefficient (Wildman–Crippen LogP) is 4.11. The molecule has 0 amide bonds. The molecule has 4 rings (SSSR count). The van der Waals surface area contributed by atoms with Gasteiger partial charge in [0.1, 0.15) is 5.01 Å². The van der Waals surface area contributed by atoms with Gasteiger partial charge in [0, 0.05) is 12.7 Å². The number of allylic oxidation sites excluding steroid dienone is 2. The lowest BCUT2D eigenvalue weighted by Crippen LogP contribution is -2.24. The van der Waals surface area contributed by atoms with Crippen LogP contribution in [0.25, 0.3) is 10.4 Å². The van der Waals surface area contributed by atoms with Gasteiger partial charge in [-0.25, -0.2) is 4.98 Å². The van der Waals surface area contributed by atoms with Crippen molar-refractivity contribution < 1.29 is 0 Å². The number of benzene rings is 1. The van der Waals surface area contributed by atoms with Crippen LogP contribution in [0.2, 0.25) is 0 Å². The third-order valence-electron chi connectivity index (χ3n) is 4.71. The molecule has 3 atom stereocenters. The molecule has 0 saturated heterocycles. The van der Waals surface area contributed by atoms with Gasteiger partial charge in [-0.1, -0.05) is 42.5 Å². The number of rotatable bonds is 5. The van der Waals surface area contributed by atoms with Crippen LogP contribution in [0.1, 0.15) is 17.8 Å². The van der Waals surface area contributed by atoms with E-state index in [1.54, 1.807) is 11.3 Å². The smallest absolute Gasteiger partial charge is 0.107 e. The van der Waals surface area contributed by atoms with E-state index in [0.717, 1.165) is 30.8 Å². The Morgan fingerprint density at radius 2 is 2.05 bits per heavy atom. The molecule has 0 radical (unpaired) electrons. The summed E-state index contributed by atoms with van der Waals surface area (Å²) in [4.78, 5) is 5.81. The maximum Gasteiger partial charge on any atom is 0.107 e.